The highest BCUT2D eigenvalue weighted by molar-refractivity contribution is 5.18. The highest BCUT2D eigenvalue weighted by Crippen LogP contribution is 2.23. The highest BCUT2D eigenvalue weighted by atomic mass is 16.3. The smallest absolute Gasteiger partial charge is 0.0816 e. The zero-order valence-corrected chi connectivity index (χ0v) is 8.49. The Balaban J connectivity index is 2.82. The molecule has 0 aliphatic heterocycles. The van der Waals surface area contributed by atoms with Gasteiger partial charge in [0, 0.05) is 11.9 Å². The molecule has 0 aromatic carbocycles. The second-order valence-corrected chi connectivity index (χ2v) is 3.56. The summed E-state index contributed by atoms with van der Waals surface area (Å²) in [4.78, 5) is 4.10. The van der Waals surface area contributed by atoms with Crippen molar-refractivity contribution < 1.29 is 5.11 Å². The highest BCUT2D eigenvalue weighted by Gasteiger charge is 2.14. The third-order valence-corrected chi connectivity index (χ3v) is 2.45. The third kappa shape index (κ3) is 2.52. The van der Waals surface area contributed by atoms with E-state index in [9.17, 15) is 5.11 Å². The van der Waals surface area contributed by atoms with Crippen molar-refractivity contribution >= 4 is 0 Å². The monoisotopic (exact) mass is 179 g/mol. The van der Waals surface area contributed by atoms with E-state index in [0.717, 1.165) is 17.7 Å². The van der Waals surface area contributed by atoms with Gasteiger partial charge in [0.25, 0.3) is 0 Å². The van der Waals surface area contributed by atoms with Gasteiger partial charge in [-0.25, -0.2) is 0 Å². The lowest BCUT2D eigenvalue weighted by Gasteiger charge is -2.17. The molecule has 2 heteroatoms. The Morgan fingerprint density at radius 3 is 2.77 bits per heavy atom. The summed E-state index contributed by atoms with van der Waals surface area (Å²) in [5.74, 6) is 0.307. The van der Waals surface area contributed by atoms with Gasteiger partial charge in [-0.15, -0.1) is 0 Å². The van der Waals surface area contributed by atoms with E-state index in [1.807, 2.05) is 19.1 Å². The maximum Gasteiger partial charge on any atom is 0.0816 e. The molecule has 2 atom stereocenters. The summed E-state index contributed by atoms with van der Waals surface area (Å²) in [5, 5.41) is 9.89. The van der Waals surface area contributed by atoms with Crippen LogP contribution in [0, 0.1) is 12.8 Å². The molecule has 1 N–H and O–H groups in total. The molecule has 0 radical (unpaired) electrons. The van der Waals surface area contributed by atoms with Crippen LogP contribution in [0.2, 0.25) is 0 Å². The predicted octanol–water partition coefficient (Wildman–Crippen LogP) is 2.47. The maximum absolute atomic E-state index is 9.89. The van der Waals surface area contributed by atoms with Crippen molar-refractivity contribution in [3.8, 4) is 0 Å². The lowest BCUT2D eigenvalue weighted by molar-refractivity contribution is 0.115. The fraction of sp³-hybridized carbons (Fsp3) is 0.545. The SMILES string of the molecule is CCC(C)C(O)c1ccnc(C)c1. The fourth-order valence-corrected chi connectivity index (χ4v) is 1.30. The normalized spacial score (nSPS) is 15.4. The van der Waals surface area contributed by atoms with Crippen LogP contribution in [-0.2, 0) is 0 Å². The Labute approximate surface area is 79.6 Å². The summed E-state index contributed by atoms with van der Waals surface area (Å²) >= 11 is 0. The molecular formula is C11H17NO. The van der Waals surface area contributed by atoms with Gasteiger partial charge in [-0.1, -0.05) is 20.3 Å². The van der Waals surface area contributed by atoms with Crippen molar-refractivity contribution in [2.75, 3.05) is 0 Å². The predicted molar refractivity (Wildman–Crippen MR) is 53.4 cm³/mol. The number of aryl methyl sites for hydroxylation is 1. The summed E-state index contributed by atoms with van der Waals surface area (Å²) < 4.78 is 0. The average molecular weight is 179 g/mol. The van der Waals surface area contributed by atoms with Crippen molar-refractivity contribution in [2.45, 2.75) is 33.3 Å². The fourth-order valence-electron chi connectivity index (χ4n) is 1.30. The molecule has 0 saturated heterocycles. The Kier molecular flexibility index (Phi) is 3.43. The van der Waals surface area contributed by atoms with Crippen molar-refractivity contribution in [1.82, 2.24) is 4.98 Å². The lowest BCUT2D eigenvalue weighted by Crippen LogP contribution is -2.08. The molecule has 1 aromatic rings. The minimum absolute atomic E-state index is 0.307. The molecule has 0 aliphatic carbocycles. The Hall–Kier alpha value is -0.890. The van der Waals surface area contributed by atoms with E-state index in [4.69, 9.17) is 0 Å². The number of aliphatic hydroxyl groups is 1. The molecule has 0 bridgehead atoms. The van der Waals surface area contributed by atoms with Crippen LogP contribution in [0.15, 0.2) is 18.3 Å². The van der Waals surface area contributed by atoms with Crippen LogP contribution >= 0.6 is 0 Å². The maximum atomic E-state index is 9.89. The van der Waals surface area contributed by atoms with Gasteiger partial charge in [-0.2, -0.15) is 0 Å². The number of aromatic nitrogens is 1. The largest absolute Gasteiger partial charge is 0.388 e. The van der Waals surface area contributed by atoms with Crippen molar-refractivity contribution in [3.63, 3.8) is 0 Å². The van der Waals surface area contributed by atoms with Gasteiger partial charge < -0.3 is 5.11 Å². The summed E-state index contributed by atoms with van der Waals surface area (Å²) in [6.07, 6.45) is 2.38. The van der Waals surface area contributed by atoms with Crippen LogP contribution in [0.4, 0.5) is 0 Å². The van der Waals surface area contributed by atoms with Crippen molar-refractivity contribution in [3.05, 3.63) is 29.6 Å². The molecule has 13 heavy (non-hydrogen) atoms. The van der Waals surface area contributed by atoms with Crippen LogP contribution in [0.3, 0.4) is 0 Å². The van der Waals surface area contributed by atoms with E-state index in [1.54, 1.807) is 6.20 Å². The van der Waals surface area contributed by atoms with Gasteiger partial charge in [0.2, 0.25) is 0 Å². The number of hydrogen-bond acceptors (Lipinski definition) is 2. The molecule has 72 valence electrons. The number of hydrogen-bond donors (Lipinski definition) is 1. The van der Waals surface area contributed by atoms with Gasteiger partial charge in [0.05, 0.1) is 6.10 Å². The van der Waals surface area contributed by atoms with Gasteiger partial charge in [0.1, 0.15) is 0 Å². The minimum atomic E-state index is -0.355. The van der Waals surface area contributed by atoms with E-state index < -0.39 is 0 Å². The zero-order valence-electron chi connectivity index (χ0n) is 8.49. The molecular weight excluding hydrogens is 162 g/mol. The van der Waals surface area contributed by atoms with E-state index >= 15 is 0 Å². The minimum Gasteiger partial charge on any atom is -0.388 e. The molecule has 1 heterocycles. The molecule has 1 rings (SSSR count). The summed E-state index contributed by atoms with van der Waals surface area (Å²) in [5.41, 5.74) is 1.93. The van der Waals surface area contributed by atoms with Crippen LogP contribution in [-0.4, -0.2) is 10.1 Å². The first kappa shape index (κ1) is 10.2. The van der Waals surface area contributed by atoms with Gasteiger partial charge in [-0.05, 0) is 30.5 Å². The van der Waals surface area contributed by atoms with Crippen molar-refractivity contribution in [1.29, 1.82) is 0 Å². The quantitative estimate of drug-likeness (QED) is 0.773. The van der Waals surface area contributed by atoms with E-state index in [0.29, 0.717) is 5.92 Å². The zero-order chi connectivity index (χ0) is 9.84. The summed E-state index contributed by atoms with van der Waals surface area (Å²) in [6.45, 7) is 6.08. The van der Waals surface area contributed by atoms with Crippen LogP contribution < -0.4 is 0 Å². The van der Waals surface area contributed by atoms with Gasteiger partial charge in [0.15, 0.2) is 0 Å². The first-order valence-corrected chi connectivity index (χ1v) is 4.75. The third-order valence-electron chi connectivity index (χ3n) is 2.45. The van der Waals surface area contributed by atoms with Gasteiger partial charge >= 0.3 is 0 Å². The van der Waals surface area contributed by atoms with Crippen molar-refractivity contribution in [2.24, 2.45) is 5.92 Å². The number of aliphatic hydroxyl groups excluding tert-OH is 1. The Morgan fingerprint density at radius 2 is 2.23 bits per heavy atom. The van der Waals surface area contributed by atoms with E-state index in [1.165, 1.54) is 0 Å². The van der Waals surface area contributed by atoms with Crippen LogP contribution in [0.5, 0.6) is 0 Å². The molecule has 0 fully saturated rings. The molecule has 0 saturated carbocycles. The second kappa shape index (κ2) is 4.38. The summed E-state index contributed by atoms with van der Waals surface area (Å²) in [7, 11) is 0. The van der Waals surface area contributed by atoms with Crippen LogP contribution in [0.25, 0.3) is 0 Å². The van der Waals surface area contributed by atoms with E-state index in [-0.39, 0.29) is 6.10 Å². The number of rotatable bonds is 3. The molecule has 1 aromatic heterocycles. The molecule has 0 amide bonds. The first-order chi connectivity index (χ1) is 6.15. The van der Waals surface area contributed by atoms with Gasteiger partial charge in [-0.3, -0.25) is 4.98 Å². The molecule has 0 aliphatic rings. The second-order valence-electron chi connectivity index (χ2n) is 3.56. The summed E-state index contributed by atoms with van der Waals surface area (Å²) in [6, 6.07) is 3.82. The molecule has 2 nitrogen and oxygen atoms in total. The lowest BCUT2D eigenvalue weighted by atomic mass is 9.96. The van der Waals surface area contributed by atoms with Crippen LogP contribution in [0.1, 0.15) is 37.6 Å². The molecule has 0 spiro atoms. The first-order valence-electron chi connectivity index (χ1n) is 4.75. The molecule has 2 unspecified atom stereocenters. The number of pyridine rings is 1. The Morgan fingerprint density at radius 1 is 1.54 bits per heavy atom. The standard InChI is InChI=1S/C11H17NO/c1-4-8(2)11(13)10-5-6-12-9(3)7-10/h5-8,11,13H,4H2,1-3H3. The average Bonchev–Trinajstić information content (AvgIpc) is 2.15. The van der Waals surface area contributed by atoms with E-state index in [2.05, 4.69) is 18.8 Å². The Bertz CT molecular complexity index is 273. The number of nitrogens with zero attached hydrogens (tertiary/aromatic N) is 1. The topological polar surface area (TPSA) is 33.1 Å².